The van der Waals surface area contributed by atoms with E-state index in [0.29, 0.717) is 16.2 Å². The van der Waals surface area contributed by atoms with E-state index in [4.69, 9.17) is 4.42 Å². The molecule has 0 amide bonds. The van der Waals surface area contributed by atoms with E-state index in [9.17, 15) is 4.79 Å². The molecule has 3 heterocycles. The molecule has 0 N–H and O–H groups in total. The van der Waals surface area contributed by atoms with Gasteiger partial charge in [0.1, 0.15) is 5.52 Å². The van der Waals surface area contributed by atoms with Crippen LogP contribution in [0.1, 0.15) is 32.9 Å². The molecule has 4 heteroatoms. The molecule has 0 atom stereocenters. The van der Waals surface area contributed by atoms with Gasteiger partial charge in [-0.15, -0.1) is 11.3 Å². The zero-order valence-electron chi connectivity index (χ0n) is 10.8. The molecule has 19 heavy (non-hydrogen) atoms. The standard InChI is InChI=1S/C15H13NO2S/c1-3-10-5-7-14(19-10)15(17)13-8-11-12(18-13)6-4-9(2)16-11/h4-8H,3H2,1-2H3. The van der Waals surface area contributed by atoms with E-state index in [1.165, 1.54) is 16.2 Å². The third-order valence-electron chi connectivity index (χ3n) is 2.97. The highest BCUT2D eigenvalue weighted by Crippen LogP contribution is 2.24. The zero-order valence-corrected chi connectivity index (χ0v) is 11.6. The maximum absolute atomic E-state index is 12.3. The van der Waals surface area contributed by atoms with Gasteiger partial charge in [-0.1, -0.05) is 6.92 Å². The van der Waals surface area contributed by atoms with Crippen molar-refractivity contribution >= 4 is 28.2 Å². The highest BCUT2D eigenvalue weighted by molar-refractivity contribution is 7.14. The van der Waals surface area contributed by atoms with E-state index in [-0.39, 0.29) is 5.78 Å². The van der Waals surface area contributed by atoms with Gasteiger partial charge >= 0.3 is 0 Å². The van der Waals surface area contributed by atoms with Crippen LogP contribution in [0.2, 0.25) is 0 Å². The number of aromatic nitrogens is 1. The lowest BCUT2D eigenvalue weighted by atomic mass is 10.2. The lowest BCUT2D eigenvalue weighted by molar-refractivity contribution is 0.101. The second-order valence-electron chi connectivity index (χ2n) is 4.40. The van der Waals surface area contributed by atoms with Crippen molar-refractivity contribution in [2.75, 3.05) is 0 Å². The van der Waals surface area contributed by atoms with Crippen LogP contribution >= 0.6 is 11.3 Å². The first-order valence-electron chi connectivity index (χ1n) is 6.18. The summed E-state index contributed by atoms with van der Waals surface area (Å²) in [4.78, 5) is 18.6. The molecule has 3 aromatic rings. The Morgan fingerprint density at radius 2 is 2.16 bits per heavy atom. The van der Waals surface area contributed by atoms with Gasteiger partial charge in [0.15, 0.2) is 11.3 Å². The molecule has 0 saturated carbocycles. The molecule has 96 valence electrons. The van der Waals surface area contributed by atoms with Crippen LogP contribution in [-0.4, -0.2) is 10.8 Å². The summed E-state index contributed by atoms with van der Waals surface area (Å²) in [5.41, 5.74) is 2.30. The maximum atomic E-state index is 12.3. The van der Waals surface area contributed by atoms with Crippen LogP contribution in [0.3, 0.4) is 0 Å². The number of aryl methyl sites for hydroxylation is 2. The minimum atomic E-state index is -0.0691. The largest absolute Gasteiger partial charge is 0.451 e. The van der Waals surface area contributed by atoms with Gasteiger partial charge in [0.2, 0.25) is 5.78 Å². The molecular weight excluding hydrogens is 258 g/mol. The number of carbonyl (C=O) groups excluding carboxylic acids is 1. The fraction of sp³-hybridized carbons (Fsp3) is 0.200. The zero-order chi connectivity index (χ0) is 13.4. The first-order chi connectivity index (χ1) is 9.17. The highest BCUT2D eigenvalue weighted by Gasteiger charge is 2.17. The van der Waals surface area contributed by atoms with E-state index >= 15 is 0 Å². The number of pyridine rings is 1. The van der Waals surface area contributed by atoms with Gasteiger partial charge in [-0.25, -0.2) is 4.98 Å². The number of fused-ring (bicyclic) bond motifs is 1. The van der Waals surface area contributed by atoms with Gasteiger partial charge < -0.3 is 4.42 Å². The lowest BCUT2D eigenvalue weighted by Gasteiger charge is -1.91. The summed E-state index contributed by atoms with van der Waals surface area (Å²) in [5.74, 6) is 0.290. The Morgan fingerprint density at radius 3 is 2.89 bits per heavy atom. The van der Waals surface area contributed by atoms with Crippen molar-refractivity contribution in [2.45, 2.75) is 20.3 Å². The molecule has 0 radical (unpaired) electrons. The van der Waals surface area contributed by atoms with E-state index in [2.05, 4.69) is 11.9 Å². The summed E-state index contributed by atoms with van der Waals surface area (Å²) >= 11 is 1.52. The summed E-state index contributed by atoms with van der Waals surface area (Å²) in [5, 5.41) is 0. The fourth-order valence-electron chi connectivity index (χ4n) is 1.95. The van der Waals surface area contributed by atoms with Gasteiger partial charge in [0, 0.05) is 16.6 Å². The molecule has 0 unspecified atom stereocenters. The number of hydrogen-bond acceptors (Lipinski definition) is 4. The molecule has 0 saturated heterocycles. The second-order valence-corrected chi connectivity index (χ2v) is 5.56. The number of hydrogen-bond donors (Lipinski definition) is 0. The minimum Gasteiger partial charge on any atom is -0.451 e. The summed E-state index contributed by atoms with van der Waals surface area (Å²) in [7, 11) is 0. The van der Waals surface area contributed by atoms with Crippen LogP contribution in [-0.2, 0) is 6.42 Å². The Balaban J connectivity index is 2.01. The van der Waals surface area contributed by atoms with E-state index in [1.54, 1.807) is 6.07 Å². The Kier molecular flexibility index (Phi) is 2.95. The molecule has 0 spiro atoms. The maximum Gasteiger partial charge on any atom is 0.238 e. The Hall–Kier alpha value is -1.94. The van der Waals surface area contributed by atoms with E-state index < -0.39 is 0 Å². The summed E-state index contributed by atoms with van der Waals surface area (Å²) in [6, 6.07) is 9.29. The molecule has 0 aliphatic heterocycles. The lowest BCUT2D eigenvalue weighted by Crippen LogP contribution is -1.95. The van der Waals surface area contributed by atoms with Crippen LogP contribution in [0.25, 0.3) is 11.1 Å². The first kappa shape index (κ1) is 12.1. The highest BCUT2D eigenvalue weighted by atomic mass is 32.1. The smallest absolute Gasteiger partial charge is 0.238 e. The summed E-state index contributed by atoms with van der Waals surface area (Å²) in [6.07, 6.45) is 0.943. The predicted molar refractivity (Wildman–Crippen MR) is 75.9 cm³/mol. The Bertz CT molecular complexity index is 754. The van der Waals surface area contributed by atoms with Gasteiger partial charge in [0.05, 0.1) is 4.88 Å². The number of furan rings is 1. The van der Waals surface area contributed by atoms with E-state index in [0.717, 1.165) is 17.6 Å². The van der Waals surface area contributed by atoms with Crippen LogP contribution in [0.15, 0.2) is 34.7 Å². The Labute approximate surface area is 114 Å². The molecule has 0 fully saturated rings. The van der Waals surface area contributed by atoms with Crippen molar-refractivity contribution in [3.8, 4) is 0 Å². The average molecular weight is 271 g/mol. The molecule has 3 aromatic heterocycles. The van der Waals surface area contributed by atoms with Crippen LogP contribution < -0.4 is 0 Å². The number of nitrogens with zero attached hydrogens (tertiary/aromatic N) is 1. The number of thiophene rings is 1. The van der Waals surface area contributed by atoms with E-state index in [1.807, 2.05) is 31.2 Å². The molecule has 3 nitrogen and oxygen atoms in total. The topological polar surface area (TPSA) is 43.1 Å². The first-order valence-corrected chi connectivity index (χ1v) is 6.99. The van der Waals surface area contributed by atoms with Crippen molar-refractivity contribution in [2.24, 2.45) is 0 Å². The normalized spacial score (nSPS) is 11.1. The number of rotatable bonds is 3. The summed E-state index contributed by atoms with van der Waals surface area (Å²) in [6.45, 7) is 3.99. The molecule has 0 aromatic carbocycles. The quantitative estimate of drug-likeness (QED) is 0.676. The van der Waals surface area contributed by atoms with Gasteiger partial charge in [-0.05, 0) is 37.6 Å². The fourth-order valence-corrected chi connectivity index (χ4v) is 2.84. The van der Waals surface area contributed by atoms with Crippen molar-refractivity contribution in [1.29, 1.82) is 0 Å². The monoisotopic (exact) mass is 271 g/mol. The molecule has 0 aliphatic rings. The molecule has 0 bridgehead atoms. The second kappa shape index (κ2) is 4.63. The van der Waals surface area contributed by atoms with Crippen LogP contribution in [0, 0.1) is 6.92 Å². The third-order valence-corrected chi connectivity index (χ3v) is 4.20. The van der Waals surface area contributed by atoms with Gasteiger partial charge in [-0.2, -0.15) is 0 Å². The van der Waals surface area contributed by atoms with Crippen molar-refractivity contribution < 1.29 is 9.21 Å². The van der Waals surface area contributed by atoms with Gasteiger partial charge in [0.25, 0.3) is 0 Å². The summed E-state index contributed by atoms with van der Waals surface area (Å²) < 4.78 is 5.58. The third kappa shape index (κ3) is 2.19. The molecular formula is C15H13NO2S. The van der Waals surface area contributed by atoms with Crippen molar-refractivity contribution in [3.63, 3.8) is 0 Å². The van der Waals surface area contributed by atoms with Crippen LogP contribution in [0.4, 0.5) is 0 Å². The molecule has 0 aliphatic carbocycles. The predicted octanol–water partition coefficient (Wildman–Crippen LogP) is 3.99. The molecule has 3 rings (SSSR count). The SMILES string of the molecule is CCc1ccc(C(=O)c2cc3nc(C)ccc3o2)s1. The Morgan fingerprint density at radius 1 is 1.32 bits per heavy atom. The van der Waals surface area contributed by atoms with Gasteiger partial charge in [-0.3, -0.25) is 4.79 Å². The van der Waals surface area contributed by atoms with Crippen LogP contribution in [0.5, 0.6) is 0 Å². The van der Waals surface area contributed by atoms with Crippen molar-refractivity contribution in [3.05, 3.63) is 51.5 Å². The average Bonchev–Trinajstić information content (AvgIpc) is 3.03. The minimum absolute atomic E-state index is 0.0691. The number of carbonyl (C=O) groups is 1. The number of ketones is 1. The van der Waals surface area contributed by atoms with Crippen molar-refractivity contribution in [1.82, 2.24) is 4.98 Å².